The molecule has 32 heavy (non-hydrogen) atoms. The van der Waals surface area contributed by atoms with E-state index in [-0.39, 0.29) is 12.4 Å². The SMILES string of the molecule is Cl.Clc1ccc(CCN2CCCC[C@@H]2CN2c3ccccc3COc3ccccc32)cc1. The highest BCUT2D eigenvalue weighted by Gasteiger charge is 2.28. The van der Waals surface area contributed by atoms with E-state index in [1.807, 2.05) is 12.1 Å². The van der Waals surface area contributed by atoms with Crippen molar-refractivity contribution in [2.45, 2.75) is 38.3 Å². The van der Waals surface area contributed by atoms with Crippen molar-refractivity contribution < 1.29 is 4.74 Å². The van der Waals surface area contributed by atoms with E-state index in [0.29, 0.717) is 12.6 Å². The van der Waals surface area contributed by atoms with Crippen molar-refractivity contribution in [2.75, 3.05) is 24.5 Å². The number of rotatable bonds is 5. The van der Waals surface area contributed by atoms with Gasteiger partial charge in [-0.15, -0.1) is 12.4 Å². The van der Waals surface area contributed by atoms with Gasteiger partial charge >= 0.3 is 0 Å². The van der Waals surface area contributed by atoms with Crippen LogP contribution in [0, 0.1) is 0 Å². The average molecular weight is 469 g/mol. The molecule has 0 aliphatic carbocycles. The summed E-state index contributed by atoms with van der Waals surface area (Å²) in [6, 6.07) is 26.0. The summed E-state index contributed by atoms with van der Waals surface area (Å²) in [7, 11) is 0. The summed E-state index contributed by atoms with van der Waals surface area (Å²) < 4.78 is 6.17. The maximum absolute atomic E-state index is 6.17. The first-order valence-electron chi connectivity index (χ1n) is 11.3. The molecule has 0 saturated carbocycles. The van der Waals surface area contributed by atoms with Gasteiger partial charge < -0.3 is 9.64 Å². The van der Waals surface area contributed by atoms with Gasteiger partial charge in [-0.1, -0.05) is 60.5 Å². The third-order valence-electron chi connectivity index (χ3n) is 6.56. The number of fused-ring (bicyclic) bond motifs is 2. The fraction of sp³-hybridized carbons (Fsp3) is 0.333. The maximum atomic E-state index is 6.17. The van der Waals surface area contributed by atoms with E-state index in [0.717, 1.165) is 30.3 Å². The van der Waals surface area contributed by atoms with Crippen molar-refractivity contribution in [1.82, 2.24) is 4.90 Å². The Morgan fingerprint density at radius 2 is 1.62 bits per heavy atom. The number of halogens is 2. The van der Waals surface area contributed by atoms with Gasteiger partial charge in [-0.25, -0.2) is 0 Å². The van der Waals surface area contributed by atoms with Crippen LogP contribution in [0.25, 0.3) is 0 Å². The Hall–Kier alpha value is -2.20. The molecular formula is C27H30Cl2N2O. The summed E-state index contributed by atoms with van der Waals surface area (Å²) in [5.74, 6) is 0.974. The van der Waals surface area contributed by atoms with Crippen molar-refractivity contribution in [1.29, 1.82) is 0 Å². The van der Waals surface area contributed by atoms with E-state index in [9.17, 15) is 0 Å². The molecule has 5 rings (SSSR count). The molecule has 0 unspecified atom stereocenters. The Morgan fingerprint density at radius 3 is 2.47 bits per heavy atom. The van der Waals surface area contributed by atoms with Gasteiger partial charge in [-0.3, -0.25) is 4.90 Å². The van der Waals surface area contributed by atoms with E-state index in [1.54, 1.807) is 0 Å². The highest BCUT2D eigenvalue weighted by atomic mass is 35.5. The number of para-hydroxylation sites is 3. The van der Waals surface area contributed by atoms with Gasteiger partial charge in [-0.05, 0) is 61.7 Å². The number of likely N-dealkylation sites (tertiary alicyclic amines) is 1. The highest BCUT2D eigenvalue weighted by molar-refractivity contribution is 6.30. The molecule has 0 radical (unpaired) electrons. The zero-order valence-electron chi connectivity index (χ0n) is 18.3. The fourth-order valence-electron chi connectivity index (χ4n) is 4.88. The van der Waals surface area contributed by atoms with Crippen LogP contribution in [-0.4, -0.2) is 30.6 Å². The van der Waals surface area contributed by atoms with Gasteiger partial charge in [0.2, 0.25) is 0 Å². The first-order chi connectivity index (χ1) is 15.3. The number of hydrogen-bond donors (Lipinski definition) is 0. The number of piperidine rings is 1. The lowest BCUT2D eigenvalue weighted by Gasteiger charge is -2.39. The number of nitrogens with zero attached hydrogens (tertiary/aromatic N) is 2. The van der Waals surface area contributed by atoms with E-state index in [1.165, 1.54) is 48.3 Å². The lowest BCUT2D eigenvalue weighted by Crippen LogP contribution is -2.46. The highest BCUT2D eigenvalue weighted by Crippen LogP contribution is 2.40. The minimum atomic E-state index is 0. The van der Waals surface area contributed by atoms with Crippen LogP contribution in [0.15, 0.2) is 72.8 Å². The van der Waals surface area contributed by atoms with Crippen molar-refractivity contribution in [3.05, 3.63) is 88.9 Å². The Bertz CT molecular complexity index is 977. The molecule has 2 aliphatic rings. The molecule has 0 amide bonds. The third-order valence-corrected chi connectivity index (χ3v) is 6.82. The third kappa shape index (κ3) is 5.06. The molecule has 168 valence electrons. The lowest BCUT2D eigenvalue weighted by atomic mass is 9.99. The second-order valence-corrected chi connectivity index (χ2v) is 8.99. The first-order valence-corrected chi connectivity index (χ1v) is 11.7. The van der Waals surface area contributed by atoms with Crippen molar-refractivity contribution in [2.24, 2.45) is 0 Å². The van der Waals surface area contributed by atoms with Crippen molar-refractivity contribution in [3.63, 3.8) is 0 Å². The van der Waals surface area contributed by atoms with Crippen LogP contribution in [0.4, 0.5) is 11.4 Å². The number of ether oxygens (including phenoxy) is 1. The second kappa shape index (κ2) is 10.6. The van der Waals surface area contributed by atoms with Crippen LogP contribution < -0.4 is 9.64 Å². The molecular weight excluding hydrogens is 439 g/mol. The topological polar surface area (TPSA) is 15.7 Å². The quantitative estimate of drug-likeness (QED) is 0.405. The Kier molecular flexibility index (Phi) is 7.62. The summed E-state index contributed by atoms with van der Waals surface area (Å²) in [6.45, 7) is 3.86. The molecule has 2 heterocycles. The van der Waals surface area contributed by atoms with E-state index in [4.69, 9.17) is 16.3 Å². The van der Waals surface area contributed by atoms with Crippen molar-refractivity contribution >= 4 is 35.4 Å². The molecule has 0 aromatic heterocycles. The summed E-state index contributed by atoms with van der Waals surface area (Å²) in [6.07, 6.45) is 4.88. The Morgan fingerprint density at radius 1 is 0.875 bits per heavy atom. The van der Waals surface area contributed by atoms with Crippen LogP contribution in [0.3, 0.4) is 0 Å². The van der Waals surface area contributed by atoms with Crippen LogP contribution in [-0.2, 0) is 13.0 Å². The molecule has 1 atom stereocenters. The number of benzene rings is 3. The molecule has 0 N–H and O–H groups in total. The Balaban J connectivity index is 0.00000245. The summed E-state index contributed by atoms with van der Waals surface area (Å²) in [4.78, 5) is 5.18. The molecule has 5 heteroatoms. The molecule has 3 aromatic carbocycles. The lowest BCUT2D eigenvalue weighted by molar-refractivity contribution is 0.154. The maximum Gasteiger partial charge on any atom is 0.143 e. The van der Waals surface area contributed by atoms with Crippen LogP contribution >= 0.6 is 24.0 Å². The van der Waals surface area contributed by atoms with Crippen LogP contribution in [0.1, 0.15) is 30.4 Å². The van der Waals surface area contributed by atoms with Gasteiger partial charge in [-0.2, -0.15) is 0 Å². The second-order valence-electron chi connectivity index (χ2n) is 8.56. The predicted octanol–water partition coefficient (Wildman–Crippen LogP) is 6.89. The molecule has 1 fully saturated rings. The van der Waals surface area contributed by atoms with Gasteiger partial charge in [0.15, 0.2) is 0 Å². The van der Waals surface area contributed by atoms with E-state index >= 15 is 0 Å². The number of hydrogen-bond acceptors (Lipinski definition) is 3. The van der Waals surface area contributed by atoms with Crippen LogP contribution in [0.5, 0.6) is 5.75 Å². The van der Waals surface area contributed by atoms with E-state index < -0.39 is 0 Å². The van der Waals surface area contributed by atoms with E-state index in [2.05, 4.69) is 70.5 Å². The number of anilines is 2. The van der Waals surface area contributed by atoms with Gasteiger partial charge in [0.05, 0.1) is 5.69 Å². The summed E-state index contributed by atoms with van der Waals surface area (Å²) in [5, 5.41) is 0.806. The average Bonchev–Trinajstić information content (AvgIpc) is 2.97. The monoisotopic (exact) mass is 468 g/mol. The molecule has 0 spiro atoms. The predicted molar refractivity (Wildman–Crippen MR) is 136 cm³/mol. The normalized spacial score (nSPS) is 18.0. The first kappa shape index (κ1) is 23.0. The minimum Gasteiger partial charge on any atom is -0.487 e. The van der Waals surface area contributed by atoms with Gasteiger partial charge in [0.1, 0.15) is 12.4 Å². The molecule has 0 bridgehead atoms. The molecule has 2 aliphatic heterocycles. The standard InChI is InChI=1S/C27H29ClN2O.ClH/c28-23-14-12-21(13-15-23)16-18-29-17-6-5-8-24(29)19-30-25-9-2-1-7-22(25)20-31-27-11-4-3-10-26(27)30;/h1-4,7,9-15,24H,5-6,8,16-20H2;1H/t24-;/m1./s1. The Labute approximate surface area is 202 Å². The summed E-state index contributed by atoms with van der Waals surface area (Å²) in [5.41, 5.74) is 5.06. The molecule has 3 aromatic rings. The zero-order valence-corrected chi connectivity index (χ0v) is 19.8. The molecule has 1 saturated heterocycles. The minimum absolute atomic E-state index is 0. The molecule has 3 nitrogen and oxygen atoms in total. The fourth-order valence-corrected chi connectivity index (χ4v) is 5.00. The van der Waals surface area contributed by atoms with Crippen LogP contribution in [0.2, 0.25) is 5.02 Å². The largest absolute Gasteiger partial charge is 0.487 e. The smallest absolute Gasteiger partial charge is 0.143 e. The zero-order chi connectivity index (χ0) is 21.0. The summed E-state index contributed by atoms with van der Waals surface area (Å²) >= 11 is 6.06. The van der Waals surface area contributed by atoms with Gasteiger partial charge in [0.25, 0.3) is 0 Å². The van der Waals surface area contributed by atoms with Gasteiger partial charge in [0, 0.05) is 35.4 Å². The van der Waals surface area contributed by atoms with Crippen molar-refractivity contribution in [3.8, 4) is 5.75 Å².